The molecule has 0 aliphatic heterocycles. The molecule has 0 fully saturated rings. The first kappa shape index (κ1) is 24.1. The number of nitrogens with zero attached hydrogens (tertiary/aromatic N) is 3. The second kappa shape index (κ2) is 10.9. The lowest BCUT2D eigenvalue weighted by atomic mass is 9.90. The largest absolute Gasteiger partial charge is 0.302 e. The van der Waals surface area contributed by atoms with Crippen molar-refractivity contribution in [1.82, 2.24) is 9.88 Å². The number of benzene rings is 3. The Balaban J connectivity index is 1.79. The minimum absolute atomic E-state index is 0.0676. The van der Waals surface area contributed by atoms with Crippen LogP contribution in [-0.4, -0.2) is 42.0 Å². The lowest BCUT2D eigenvalue weighted by Crippen LogP contribution is -2.41. The van der Waals surface area contributed by atoms with Gasteiger partial charge in [0.15, 0.2) is 5.13 Å². The van der Waals surface area contributed by atoms with Gasteiger partial charge in [-0.05, 0) is 55.3 Å². The summed E-state index contributed by atoms with van der Waals surface area (Å²) in [5, 5.41) is 0.776. The third kappa shape index (κ3) is 5.21. The van der Waals surface area contributed by atoms with Crippen molar-refractivity contribution in [2.45, 2.75) is 33.6 Å². The van der Waals surface area contributed by atoms with Crippen molar-refractivity contribution in [3.05, 3.63) is 95.1 Å². The second-order valence-corrected chi connectivity index (χ2v) is 9.68. The van der Waals surface area contributed by atoms with Gasteiger partial charge in [0.05, 0.1) is 16.1 Å². The fourth-order valence-electron chi connectivity index (χ4n) is 4.49. The van der Waals surface area contributed by atoms with Crippen LogP contribution in [0.4, 0.5) is 5.13 Å². The summed E-state index contributed by atoms with van der Waals surface area (Å²) in [6, 6.07) is 24.5. The van der Waals surface area contributed by atoms with Crippen molar-refractivity contribution in [2.24, 2.45) is 0 Å². The molecule has 0 bridgehead atoms. The number of hydrogen-bond donors (Lipinski definition) is 0. The molecule has 1 aromatic heterocycles. The molecule has 0 atom stereocenters. The summed E-state index contributed by atoms with van der Waals surface area (Å²) in [4.78, 5) is 23.6. The highest BCUT2D eigenvalue weighted by Crippen LogP contribution is 2.35. The predicted molar refractivity (Wildman–Crippen MR) is 144 cm³/mol. The fraction of sp³-hybridized carbons (Fsp3) is 0.310. The third-order valence-corrected chi connectivity index (χ3v) is 7.58. The Morgan fingerprint density at radius 3 is 2.03 bits per heavy atom. The molecule has 0 aliphatic rings. The van der Waals surface area contributed by atoms with Crippen molar-refractivity contribution >= 4 is 32.6 Å². The van der Waals surface area contributed by atoms with Gasteiger partial charge in [0.1, 0.15) is 0 Å². The van der Waals surface area contributed by atoms with Crippen LogP contribution in [-0.2, 0) is 4.79 Å². The molecule has 1 heterocycles. The number of likely N-dealkylation sites (N-methyl/N-ethyl adjacent to an activating group) is 1. The molecule has 176 valence electrons. The molecule has 0 saturated carbocycles. The van der Waals surface area contributed by atoms with E-state index in [-0.39, 0.29) is 11.8 Å². The van der Waals surface area contributed by atoms with Crippen LogP contribution in [0.15, 0.2) is 72.8 Å². The first-order chi connectivity index (χ1) is 16.5. The molecule has 0 saturated heterocycles. The van der Waals surface area contributed by atoms with Crippen LogP contribution in [0.25, 0.3) is 10.2 Å². The topological polar surface area (TPSA) is 36.4 Å². The normalized spacial score (nSPS) is 11.5. The predicted octanol–water partition coefficient (Wildman–Crippen LogP) is 6.42. The van der Waals surface area contributed by atoms with E-state index in [9.17, 15) is 4.79 Å². The Kier molecular flexibility index (Phi) is 7.76. The summed E-state index contributed by atoms with van der Waals surface area (Å²) in [7, 11) is 0. The quantitative estimate of drug-likeness (QED) is 0.283. The Morgan fingerprint density at radius 2 is 1.47 bits per heavy atom. The summed E-state index contributed by atoms with van der Waals surface area (Å²) < 4.78 is 1.15. The first-order valence-electron chi connectivity index (χ1n) is 12.0. The van der Waals surface area contributed by atoms with E-state index in [1.165, 1.54) is 11.1 Å². The minimum atomic E-state index is -0.381. The standard InChI is InChI=1S/C29H33N3OS/c1-5-31(6-2)17-18-32(29-30-25-20-21(3)19-22(4)27(25)34-29)28(33)26(23-13-9-7-10-14-23)24-15-11-8-12-16-24/h7-16,19-20,26H,5-6,17-18H2,1-4H3. The van der Waals surface area contributed by atoms with Gasteiger partial charge >= 0.3 is 0 Å². The number of anilines is 1. The Labute approximate surface area is 206 Å². The number of amides is 1. The molecule has 3 aromatic carbocycles. The van der Waals surface area contributed by atoms with Gasteiger partial charge in [-0.3, -0.25) is 9.69 Å². The Bertz CT molecular complexity index is 1190. The Morgan fingerprint density at radius 1 is 0.882 bits per heavy atom. The van der Waals surface area contributed by atoms with E-state index in [1.54, 1.807) is 11.3 Å². The molecule has 0 spiro atoms. The molecule has 0 N–H and O–H groups in total. The molecule has 1 amide bonds. The van der Waals surface area contributed by atoms with Crippen molar-refractivity contribution in [1.29, 1.82) is 0 Å². The molecule has 34 heavy (non-hydrogen) atoms. The molecule has 4 rings (SSSR count). The molecular formula is C29H33N3OS. The number of thiazole rings is 1. The van der Waals surface area contributed by atoms with Gasteiger partial charge in [-0.2, -0.15) is 0 Å². The molecule has 0 unspecified atom stereocenters. The highest BCUT2D eigenvalue weighted by Gasteiger charge is 2.30. The number of aromatic nitrogens is 1. The zero-order chi connectivity index (χ0) is 24.1. The van der Waals surface area contributed by atoms with Crippen LogP contribution >= 0.6 is 11.3 Å². The van der Waals surface area contributed by atoms with E-state index < -0.39 is 0 Å². The molecule has 5 heteroatoms. The second-order valence-electron chi connectivity index (χ2n) is 8.70. The SMILES string of the molecule is CCN(CC)CCN(C(=O)C(c1ccccc1)c1ccccc1)c1nc2cc(C)cc(C)c2s1. The van der Waals surface area contributed by atoms with Gasteiger partial charge in [-0.1, -0.05) is 91.9 Å². The first-order valence-corrected chi connectivity index (χ1v) is 12.8. The average Bonchev–Trinajstić information content (AvgIpc) is 3.27. The molecule has 4 nitrogen and oxygen atoms in total. The number of rotatable bonds is 9. The number of fused-ring (bicyclic) bond motifs is 1. The minimum Gasteiger partial charge on any atom is -0.302 e. The molecular weight excluding hydrogens is 438 g/mol. The van der Waals surface area contributed by atoms with E-state index in [4.69, 9.17) is 4.98 Å². The maximum absolute atomic E-state index is 14.3. The summed E-state index contributed by atoms with van der Waals surface area (Å²) in [6.45, 7) is 11.9. The number of carbonyl (C=O) groups is 1. The van der Waals surface area contributed by atoms with E-state index in [0.717, 1.165) is 46.1 Å². The van der Waals surface area contributed by atoms with Gasteiger partial charge < -0.3 is 4.90 Å². The van der Waals surface area contributed by atoms with Crippen LogP contribution in [0, 0.1) is 13.8 Å². The number of carbonyl (C=O) groups excluding carboxylic acids is 1. The van der Waals surface area contributed by atoms with Gasteiger partial charge in [0.2, 0.25) is 5.91 Å². The lowest BCUT2D eigenvalue weighted by molar-refractivity contribution is -0.119. The van der Waals surface area contributed by atoms with E-state index >= 15 is 0 Å². The maximum atomic E-state index is 14.3. The van der Waals surface area contributed by atoms with Crippen LogP contribution in [0.2, 0.25) is 0 Å². The maximum Gasteiger partial charge on any atom is 0.240 e. The molecule has 0 radical (unpaired) electrons. The molecule has 4 aromatic rings. The Hall–Kier alpha value is -3.02. The highest BCUT2D eigenvalue weighted by molar-refractivity contribution is 7.22. The fourth-order valence-corrected chi connectivity index (χ4v) is 5.53. The van der Waals surface area contributed by atoms with Crippen molar-refractivity contribution in [3.63, 3.8) is 0 Å². The van der Waals surface area contributed by atoms with Crippen LogP contribution in [0.5, 0.6) is 0 Å². The van der Waals surface area contributed by atoms with Gasteiger partial charge in [0, 0.05) is 13.1 Å². The van der Waals surface area contributed by atoms with E-state index in [1.807, 2.05) is 65.6 Å². The van der Waals surface area contributed by atoms with E-state index in [0.29, 0.717) is 6.54 Å². The van der Waals surface area contributed by atoms with Gasteiger partial charge in [-0.15, -0.1) is 0 Å². The summed E-state index contributed by atoms with van der Waals surface area (Å²) in [5.41, 5.74) is 5.36. The number of aryl methyl sites for hydroxylation is 2. The van der Waals surface area contributed by atoms with E-state index in [2.05, 4.69) is 44.7 Å². The van der Waals surface area contributed by atoms with Gasteiger partial charge in [0.25, 0.3) is 0 Å². The zero-order valence-electron chi connectivity index (χ0n) is 20.5. The van der Waals surface area contributed by atoms with Gasteiger partial charge in [-0.25, -0.2) is 4.98 Å². The van der Waals surface area contributed by atoms with Crippen LogP contribution in [0.1, 0.15) is 42.0 Å². The number of hydrogen-bond acceptors (Lipinski definition) is 4. The highest BCUT2D eigenvalue weighted by atomic mass is 32.1. The van der Waals surface area contributed by atoms with Crippen molar-refractivity contribution < 1.29 is 4.79 Å². The van der Waals surface area contributed by atoms with Crippen LogP contribution in [0.3, 0.4) is 0 Å². The molecule has 0 aliphatic carbocycles. The summed E-state index contributed by atoms with van der Waals surface area (Å²) in [6.07, 6.45) is 0. The third-order valence-electron chi connectivity index (χ3n) is 6.35. The smallest absolute Gasteiger partial charge is 0.240 e. The van der Waals surface area contributed by atoms with Crippen molar-refractivity contribution in [3.8, 4) is 0 Å². The monoisotopic (exact) mass is 471 g/mol. The lowest BCUT2D eigenvalue weighted by Gasteiger charge is -2.28. The summed E-state index contributed by atoms with van der Waals surface area (Å²) >= 11 is 1.62. The average molecular weight is 472 g/mol. The summed E-state index contributed by atoms with van der Waals surface area (Å²) in [5.74, 6) is -0.313. The van der Waals surface area contributed by atoms with Crippen molar-refractivity contribution in [2.75, 3.05) is 31.1 Å². The van der Waals surface area contributed by atoms with Crippen LogP contribution < -0.4 is 4.90 Å². The zero-order valence-corrected chi connectivity index (χ0v) is 21.3.